The van der Waals surface area contributed by atoms with Crippen LogP contribution in [0, 0.1) is 0 Å². The van der Waals surface area contributed by atoms with Gasteiger partial charge in [-0.05, 0) is 44.9 Å². The maximum atomic E-state index is 5.81. The normalized spacial score (nSPS) is 11.4. The number of benzene rings is 1. The highest BCUT2D eigenvalue weighted by Gasteiger charge is 2.09. The third-order valence-corrected chi connectivity index (χ3v) is 3.01. The second-order valence-corrected chi connectivity index (χ2v) is 4.86. The van der Waals surface area contributed by atoms with Crippen molar-refractivity contribution >= 4 is 5.69 Å². The number of anilines is 1. The van der Waals surface area contributed by atoms with Crippen LogP contribution in [0.15, 0.2) is 24.3 Å². The number of hydrogen-bond acceptors (Lipinski definition) is 3. The standard InChI is InChI=1S/C15H26N2O/c1-4-18-10-6-9-17(13(2)3)12-14-7-5-8-15(16)11-14/h5,7-8,11,13H,4,6,9-10,12,16H2,1-3H3. The van der Waals surface area contributed by atoms with Crippen molar-refractivity contribution in [1.29, 1.82) is 0 Å². The minimum atomic E-state index is 0.535. The van der Waals surface area contributed by atoms with Crippen molar-refractivity contribution in [3.8, 4) is 0 Å². The van der Waals surface area contributed by atoms with Crippen LogP contribution in [0.4, 0.5) is 5.69 Å². The molecule has 2 N–H and O–H groups in total. The molecule has 0 saturated heterocycles. The molecule has 0 unspecified atom stereocenters. The first-order valence-electron chi connectivity index (χ1n) is 6.79. The van der Waals surface area contributed by atoms with Crippen LogP contribution < -0.4 is 5.73 Å². The SMILES string of the molecule is CCOCCCN(Cc1cccc(N)c1)C(C)C. The van der Waals surface area contributed by atoms with Gasteiger partial charge in [0.25, 0.3) is 0 Å². The van der Waals surface area contributed by atoms with Crippen molar-refractivity contribution in [3.05, 3.63) is 29.8 Å². The lowest BCUT2D eigenvalue weighted by Gasteiger charge is -2.26. The van der Waals surface area contributed by atoms with Crippen LogP contribution in [0.3, 0.4) is 0 Å². The number of nitrogen functional groups attached to an aromatic ring is 1. The van der Waals surface area contributed by atoms with Crippen LogP contribution in [0.25, 0.3) is 0 Å². The van der Waals surface area contributed by atoms with E-state index in [9.17, 15) is 0 Å². The van der Waals surface area contributed by atoms with Crippen molar-refractivity contribution in [2.45, 2.75) is 39.8 Å². The molecule has 0 spiro atoms. The first-order chi connectivity index (χ1) is 8.63. The molecule has 0 aliphatic rings. The monoisotopic (exact) mass is 250 g/mol. The first-order valence-corrected chi connectivity index (χ1v) is 6.79. The Morgan fingerprint density at radius 1 is 1.33 bits per heavy atom. The predicted molar refractivity (Wildman–Crippen MR) is 77.5 cm³/mol. The second-order valence-electron chi connectivity index (χ2n) is 4.86. The average molecular weight is 250 g/mol. The number of nitrogens with two attached hydrogens (primary N) is 1. The van der Waals surface area contributed by atoms with Gasteiger partial charge in [-0.25, -0.2) is 0 Å². The Bertz CT molecular complexity index is 339. The Balaban J connectivity index is 2.47. The van der Waals surface area contributed by atoms with Crippen molar-refractivity contribution < 1.29 is 4.74 Å². The Hall–Kier alpha value is -1.06. The van der Waals surface area contributed by atoms with Gasteiger partial charge in [-0.15, -0.1) is 0 Å². The molecule has 3 heteroatoms. The summed E-state index contributed by atoms with van der Waals surface area (Å²) in [4.78, 5) is 2.45. The van der Waals surface area contributed by atoms with Crippen molar-refractivity contribution in [2.24, 2.45) is 0 Å². The molecule has 0 saturated carbocycles. The van der Waals surface area contributed by atoms with Gasteiger partial charge in [-0.3, -0.25) is 4.90 Å². The highest BCUT2D eigenvalue weighted by Crippen LogP contribution is 2.12. The minimum absolute atomic E-state index is 0.535. The van der Waals surface area contributed by atoms with Gasteiger partial charge in [0.05, 0.1) is 0 Å². The molecule has 18 heavy (non-hydrogen) atoms. The van der Waals surface area contributed by atoms with Crippen molar-refractivity contribution in [1.82, 2.24) is 4.90 Å². The lowest BCUT2D eigenvalue weighted by Crippen LogP contribution is -2.31. The Kier molecular flexibility index (Phi) is 6.76. The van der Waals surface area contributed by atoms with E-state index >= 15 is 0 Å². The summed E-state index contributed by atoms with van der Waals surface area (Å²) in [7, 11) is 0. The molecule has 0 bridgehead atoms. The second kappa shape index (κ2) is 8.11. The molecule has 0 atom stereocenters. The highest BCUT2D eigenvalue weighted by molar-refractivity contribution is 5.40. The number of nitrogens with zero attached hydrogens (tertiary/aromatic N) is 1. The maximum absolute atomic E-state index is 5.81. The number of rotatable bonds is 8. The van der Waals surface area contributed by atoms with Crippen LogP contribution in [-0.4, -0.2) is 30.7 Å². The minimum Gasteiger partial charge on any atom is -0.399 e. The van der Waals surface area contributed by atoms with Gasteiger partial charge in [0, 0.05) is 38.0 Å². The summed E-state index contributed by atoms with van der Waals surface area (Å²) in [6.07, 6.45) is 1.08. The van der Waals surface area contributed by atoms with E-state index in [1.165, 1.54) is 5.56 Å². The van der Waals surface area contributed by atoms with Gasteiger partial charge in [0.15, 0.2) is 0 Å². The van der Waals surface area contributed by atoms with Crippen molar-refractivity contribution in [3.63, 3.8) is 0 Å². The first kappa shape index (κ1) is 15.0. The van der Waals surface area contributed by atoms with E-state index in [1.807, 2.05) is 19.1 Å². The third-order valence-electron chi connectivity index (χ3n) is 3.01. The van der Waals surface area contributed by atoms with Crippen LogP contribution >= 0.6 is 0 Å². The molecule has 1 aromatic carbocycles. The molecule has 3 nitrogen and oxygen atoms in total. The number of hydrogen-bond donors (Lipinski definition) is 1. The molecule has 0 aliphatic carbocycles. The Morgan fingerprint density at radius 2 is 2.11 bits per heavy atom. The highest BCUT2D eigenvalue weighted by atomic mass is 16.5. The smallest absolute Gasteiger partial charge is 0.0478 e. The van der Waals surface area contributed by atoms with Crippen LogP contribution in [0.2, 0.25) is 0 Å². The van der Waals surface area contributed by atoms with Crippen LogP contribution in [0.5, 0.6) is 0 Å². The maximum Gasteiger partial charge on any atom is 0.0478 e. The third kappa shape index (κ3) is 5.52. The van der Waals surface area contributed by atoms with E-state index in [0.717, 1.165) is 38.4 Å². The van der Waals surface area contributed by atoms with Gasteiger partial charge in [-0.2, -0.15) is 0 Å². The van der Waals surface area contributed by atoms with E-state index < -0.39 is 0 Å². The summed E-state index contributed by atoms with van der Waals surface area (Å²) in [6, 6.07) is 8.67. The summed E-state index contributed by atoms with van der Waals surface area (Å²) in [6.45, 7) is 10.2. The molecular weight excluding hydrogens is 224 g/mol. The fraction of sp³-hybridized carbons (Fsp3) is 0.600. The molecule has 1 rings (SSSR count). The largest absolute Gasteiger partial charge is 0.399 e. The fourth-order valence-corrected chi connectivity index (χ4v) is 1.96. The molecule has 0 fully saturated rings. The molecule has 1 aromatic rings. The summed E-state index contributed by atoms with van der Waals surface area (Å²) in [5.41, 5.74) is 7.93. The molecular formula is C15H26N2O. The molecule has 0 aromatic heterocycles. The zero-order valence-corrected chi connectivity index (χ0v) is 11.9. The lowest BCUT2D eigenvalue weighted by atomic mass is 10.1. The topological polar surface area (TPSA) is 38.5 Å². The Morgan fingerprint density at radius 3 is 2.72 bits per heavy atom. The quantitative estimate of drug-likeness (QED) is 0.569. The molecule has 0 heterocycles. The molecule has 102 valence electrons. The molecule has 0 aliphatic heterocycles. The fourth-order valence-electron chi connectivity index (χ4n) is 1.96. The van der Waals surface area contributed by atoms with Crippen LogP contribution in [-0.2, 0) is 11.3 Å². The van der Waals surface area contributed by atoms with Crippen LogP contribution in [0.1, 0.15) is 32.8 Å². The van der Waals surface area contributed by atoms with Crippen molar-refractivity contribution in [2.75, 3.05) is 25.5 Å². The predicted octanol–water partition coefficient (Wildman–Crippen LogP) is 2.91. The summed E-state index contributed by atoms with van der Waals surface area (Å²) in [5, 5.41) is 0. The summed E-state index contributed by atoms with van der Waals surface area (Å²) >= 11 is 0. The summed E-state index contributed by atoms with van der Waals surface area (Å²) < 4.78 is 5.39. The van der Waals surface area contributed by atoms with Gasteiger partial charge in [-0.1, -0.05) is 12.1 Å². The van der Waals surface area contributed by atoms with E-state index in [4.69, 9.17) is 10.5 Å². The molecule has 0 amide bonds. The lowest BCUT2D eigenvalue weighted by molar-refractivity contribution is 0.123. The van der Waals surface area contributed by atoms with E-state index in [1.54, 1.807) is 0 Å². The van der Waals surface area contributed by atoms with E-state index in [-0.39, 0.29) is 0 Å². The van der Waals surface area contributed by atoms with E-state index in [0.29, 0.717) is 6.04 Å². The van der Waals surface area contributed by atoms with E-state index in [2.05, 4.69) is 30.9 Å². The zero-order valence-electron chi connectivity index (χ0n) is 11.9. The zero-order chi connectivity index (χ0) is 13.4. The average Bonchev–Trinajstić information content (AvgIpc) is 2.33. The molecule has 0 radical (unpaired) electrons. The summed E-state index contributed by atoms with van der Waals surface area (Å²) in [5.74, 6) is 0. The van der Waals surface area contributed by atoms with Gasteiger partial charge < -0.3 is 10.5 Å². The van der Waals surface area contributed by atoms with Gasteiger partial charge >= 0.3 is 0 Å². The number of ether oxygens (including phenoxy) is 1. The van der Waals surface area contributed by atoms with Gasteiger partial charge in [0.1, 0.15) is 0 Å². The van der Waals surface area contributed by atoms with Gasteiger partial charge in [0.2, 0.25) is 0 Å². The Labute approximate surface area is 111 Å².